The van der Waals surface area contributed by atoms with Gasteiger partial charge in [-0.2, -0.15) is 0 Å². The van der Waals surface area contributed by atoms with Gasteiger partial charge >= 0.3 is 0 Å². The highest BCUT2D eigenvalue weighted by atomic mass is 16.3. The molecule has 1 aromatic heterocycles. The fourth-order valence-corrected chi connectivity index (χ4v) is 4.43. The van der Waals surface area contributed by atoms with Crippen LogP contribution in [0.4, 0.5) is 0 Å². The first-order valence-electron chi connectivity index (χ1n) is 9.95. The summed E-state index contributed by atoms with van der Waals surface area (Å²) in [4.78, 5) is 0. The second-order valence-electron chi connectivity index (χ2n) is 7.39. The molecule has 1 heteroatoms. The molecule has 5 aromatic rings. The zero-order chi connectivity index (χ0) is 20.0. The van der Waals surface area contributed by atoms with Gasteiger partial charge < -0.3 is 4.42 Å². The zero-order valence-electron chi connectivity index (χ0n) is 16.7. The van der Waals surface area contributed by atoms with Crippen molar-refractivity contribution in [1.82, 2.24) is 0 Å². The van der Waals surface area contributed by atoms with Gasteiger partial charge in [0.25, 0.3) is 0 Å². The lowest BCUT2D eigenvalue weighted by Crippen LogP contribution is -1.89. The molecule has 0 bridgehead atoms. The Balaban J connectivity index is 1.91. The maximum atomic E-state index is 6.06. The molecule has 0 unspecified atom stereocenters. The van der Waals surface area contributed by atoms with Crippen molar-refractivity contribution in [2.45, 2.75) is 13.8 Å². The fourth-order valence-electron chi connectivity index (χ4n) is 4.43. The van der Waals surface area contributed by atoms with Crippen molar-refractivity contribution in [1.29, 1.82) is 0 Å². The zero-order valence-corrected chi connectivity index (χ0v) is 16.7. The summed E-state index contributed by atoms with van der Waals surface area (Å²) in [6, 6.07) is 23.9. The normalized spacial score (nSPS) is 11.8. The van der Waals surface area contributed by atoms with E-state index in [4.69, 9.17) is 4.42 Å². The van der Waals surface area contributed by atoms with Crippen LogP contribution in [0.25, 0.3) is 55.8 Å². The minimum Gasteiger partial charge on any atom is -0.456 e. The molecule has 1 nitrogen and oxygen atoms in total. The van der Waals surface area contributed by atoms with Gasteiger partial charge in [-0.05, 0) is 70.3 Å². The Morgan fingerprint density at radius 3 is 2.00 bits per heavy atom. The molecule has 0 aliphatic carbocycles. The molecule has 0 aliphatic heterocycles. The third kappa shape index (κ3) is 2.62. The molecular formula is C28H22O. The van der Waals surface area contributed by atoms with E-state index in [9.17, 15) is 0 Å². The lowest BCUT2D eigenvalue weighted by Gasteiger charge is -2.15. The van der Waals surface area contributed by atoms with Crippen LogP contribution < -0.4 is 0 Å². The van der Waals surface area contributed by atoms with Gasteiger partial charge in [-0.1, -0.05) is 73.3 Å². The highest BCUT2D eigenvalue weighted by Gasteiger charge is 2.15. The van der Waals surface area contributed by atoms with Crippen molar-refractivity contribution < 1.29 is 4.42 Å². The minimum atomic E-state index is 0.855. The molecule has 0 fully saturated rings. The van der Waals surface area contributed by atoms with Crippen molar-refractivity contribution in [3.05, 3.63) is 96.3 Å². The maximum absolute atomic E-state index is 6.06. The van der Waals surface area contributed by atoms with E-state index in [2.05, 4.69) is 80.2 Å². The van der Waals surface area contributed by atoms with Crippen molar-refractivity contribution in [3.63, 3.8) is 0 Å². The SMILES string of the molecule is C=Cc1c(/C=C\C)oc2ccc(-c3c4ccccc4c(C)c4ccccc34)cc12. The Morgan fingerprint density at radius 1 is 0.793 bits per heavy atom. The number of hydrogen-bond acceptors (Lipinski definition) is 1. The summed E-state index contributed by atoms with van der Waals surface area (Å²) < 4.78 is 6.06. The Morgan fingerprint density at radius 2 is 1.41 bits per heavy atom. The van der Waals surface area contributed by atoms with Crippen LogP contribution in [-0.2, 0) is 0 Å². The summed E-state index contributed by atoms with van der Waals surface area (Å²) in [5, 5.41) is 6.25. The third-order valence-electron chi connectivity index (χ3n) is 5.77. The quantitative estimate of drug-likeness (QED) is 0.289. The van der Waals surface area contributed by atoms with Crippen molar-refractivity contribution in [3.8, 4) is 11.1 Å². The van der Waals surface area contributed by atoms with Gasteiger partial charge in [0.1, 0.15) is 11.3 Å². The fraction of sp³-hybridized carbons (Fsp3) is 0.0714. The van der Waals surface area contributed by atoms with Crippen LogP contribution in [0.1, 0.15) is 23.8 Å². The van der Waals surface area contributed by atoms with E-state index in [1.165, 1.54) is 38.2 Å². The number of fused-ring (bicyclic) bond motifs is 3. The maximum Gasteiger partial charge on any atom is 0.135 e. The van der Waals surface area contributed by atoms with Crippen molar-refractivity contribution in [2.75, 3.05) is 0 Å². The highest BCUT2D eigenvalue weighted by Crippen LogP contribution is 2.40. The molecule has 0 saturated carbocycles. The van der Waals surface area contributed by atoms with E-state index in [0.29, 0.717) is 0 Å². The van der Waals surface area contributed by atoms with Crippen LogP contribution in [0.3, 0.4) is 0 Å². The number of benzene rings is 4. The molecular weight excluding hydrogens is 352 g/mol. The van der Waals surface area contributed by atoms with Crippen LogP contribution in [0, 0.1) is 6.92 Å². The number of furan rings is 1. The first kappa shape index (κ1) is 17.5. The first-order chi connectivity index (χ1) is 14.2. The van der Waals surface area contributed by atoms with Gasteiger partial charge in [0.05, 0.1) is 0 Å². The Kier molecular flexibility index (Phi) is 4.10. The van der Waals surface area contributed by atoms with Gasteiger partial charge in [0, 0.05) is 10.9 Å². The molecule has 0 N–H and O–H groups in total. The summed E-state index contributed by atoms with van der Waals surface area (Å²) in [7, 11) is 0. The molecule has 0 radical (unpaired) electrons. The molecule has 0 atom stereocenters. The average molecular weight is 374 g/mol. The largest absolute Gasteiger partial charge is 0.456 e. The molecule has 0 aliphatic rings. The van der Waals surface area contributed by atoms with Crippen LogP contribution in [0.5, 0.6) is 0 Å². The van der Waals surface area contributed by atoms with Crippen LogP contribution >= 0.6 is 0 Å². The second-order valence-corrected chi connectivity index (χ2v) is 7.39. The van der Waals surface area contributed by atoms with Gasteiger partial charge in [0.15, 0.2) is 0 Å². The topological polar surface area (TPSA) is 13.1 Å². The van der Waals surface area contributed by atoms with E-state index in [-0.39, 0.29) is 0 Å². The molecule has 0 saturated heterocycles. The standard InChI is InChI=1S/C28H22O/c1-4-10-26-20(5-2)25-17-19(15-16-27(25)29-26)28-23-13-8-6-11-21(23)18(3)22-12-7-9-14-24(22)28/h4-17H,2H2,1,3H3/b10-4-. The summed E-state index contributed by atoms with van der Waals surface area (Å²) in [6.07, 6.45) is 5.87. The van der Waals surface area contributed by atoms with E-state index >= 15 is 0 Å². The molecule has 0 spiro atoms. The molecule has 1 heterocycles. The number of aryl methyl sites for hydroxylation is 1. The smallest absolute Gasteiger partial charge is 0.135 e. The summed E-state index contributed by atoms with van der Waals surface area (Å²) >= 11 is 0. The monoisotopic (exact) mass is 374 g/mol. The minimum absolute atomic E-state index is 0.855. The molecule has 5 rings (SSSR count). The lowest BCUT2D eigenvalue weighted by molar-refractivity contribution is 0.603. The summed E-state index contributed by atoms with van der Waals surface area (Å²) in [5.74, 6) is 0.855. The van der Waals surface area contributed by atoms with Gasteiger partial charge in [-0.15, -0.1) is 0 Å². The number of allylic oxidation sites excluding steroid dienone is 1. The molecule has 140 valence electrons. The predicted octanol–water partition coefficient (Wildman–Crippen LogP) is 8.39. The van der Waals surface area contributed by atoms with E-state index in [1.807, 2.05) is 25.2 Å². The molecule has 0 amide bonds. The van der Waals surface area contributed by atoms with E-state index in [0.717, 1.165) is 22.3 Å². The number of hydrogen-bond donors (Lipinski definition) is 0. The average Bonchev–Trinajstić information content (AvgIpc) is 3.11. The molecule has 29 heavy (non-hydrogen) atoms. The number of rotatable bonds is 3. The Bertz CT molecular complexity index is 1370. The van der Waals surface area contributed by atoms with Gasteiger partial charge in [-0.3, -0.25) is 0 Å². The molecule has 4 aromatic carbocycles. The van der Waals surface area contributed by atoms with Gasteiger partial charge in [-0.25, -0.2) is 0 Å². The Labute approximate surface area is 170 Å². The summed E-state index contributed by atoms with van der Waals surface area (Å²) in [5.41, 5.74) is 5.72. The van der Waals surface area contributed by atoms with E-state index < -0.39 is 0 Å². The third-order valence-corrected chi connectivity index (χ3v) is 5.77. The first-order valence-corrected chi connectivity index (χ1v) is 9.95. The van der Waals surface area contributed by atoms with Gasteiger partial charge in [0.2, 0.25) is 0 Å². The van der Waals surface area contributed by atoms with Crippen LogP contribution in [-0.4, -0.2) is 0 Å². The second kappa shape index (κ2) is 6.79. The van der Waals surface area contributed by atoms with Crippen molar-refractivity contribution >= 4 is 44.7 Å². The van der Waals surface area contributed by atoms with Crippen LogP contribution in [0.15, 0.2) is 83.8 Å². The Hall–Kier alpha value is -3.58. The lowest BCUT2D eigenvalue weighted by atomic mass is 9.88. The van der Waals surface area contributed by atoms with Crippen LogP contribution in [0.2, 0.25) is 0 Å². The predicted molar refractivity (Wildman–Crippen MR) is 126 cm³/mol. The van der Waals surface area contributed by atoms with E-state index in [1.54, 1.807) is 0 Å². The summed E-state index contributed by atoms with van der Waals surface area (Å²) in [6.45, 7) is 8.23. The van der Waals surface area contributed by atoms with Crippen molar-refractivity contribution in [2.24, 2.45) is 0 Å². The highest BCUT2D eigenvalue weighted by molar-refractivity contribution is 6.15.